The van der Waals surface area contributed by atoms with Crippen molar-refractivity contribution in [2.75, 3.05) is 33.4 Å². The lowest BCUT2D eigenvalue weighted by Crippen LogP contribution is -2.37. The van der Waals surface area contributed by atoms with E-state index in [1.54, 1.807) is 17.9 Å². The van der Waals surface area contributed by atoms with Crippen molar-refractivity contribution in [3.05, 3.63) is 34.5 Å². The van der Waals surface area contributed by atoms with Gasteiger partial charge in [0.15, 0.2) is 5.69 Å². The molecule has 0 saturated carbocycles. The second-order valence-corrected chi connectivity index (χ2v) is 7.88. The van der Waals surface area contributed by atoms with Gasteiger partial charge in [-0.1, -0.05) is 5.16 Å². The number of aromatic nitrogens is 3. The number of carbonyl (C=O) groups excluding carboxylic acids is 2. The number of fused-ring (bicyclic) bond motifs is 1. The number of amides is 2. The molecular weight excluding hydrogens is 388 g/mol. The normalized spacial score (nSPS) is 18.5. The van der Waals surface area contributed by atoms with Crippen molar-refractivity contribution in [1.82, 2.24) is 30.5 Å². The molecule has 0 radical (unpaired) electrons. The third-order valence-electron chi connectivity index (χ3n) is 5.65. The molecule has 0 spiro atoms. The standard InChI is InChI=1S/C20H28N6O4/c1-13-16(12-25-6-3-4-7-25)18(24-30-13)20(28)22-14-9-15-10-17(23-26(15)11-14)19(27)21-5-8-29-2/h10,14H,3-9,11-12H2,1-2H3,(H,21,27)(H,22,28)/t14-/m0/s1. The molecule has 162 valence electrons. The second-order valence-electron chi connectivity index (χ2n) is 7.88. The lowest BCUT2D eigenvalue weighted by molar-refractivity contribution is 0.0915. The van der Waals surface area contributed by atoms with E-state index in [-0.39, 0.29) is 17.9 Å². The number of hydrogen-bond acceptors (Lipinski definition) is 7. The SMILES string of the molecule is COCCNC(=O)c1cc2n(n1)C[C@@H](NC(=O)c1noc(C)c1CN1CCCC1)C2. The van der Waals surface area contributed by atoms with Gasteiger partial charge in [-0.3, -0.25) is 19.2 Å². The van der Waals surface area contributed by atoms with Crippen LogP contribution in [0.5, 0.6) is 0 Å². The first-order chi connectivity index (χ1) is 14.5. The Kier molecular flexibility index (Phi) is 6.14. The Balaban J connectivity index is 1.34. The van der Waals surface area contributed by atoms with E-state index in [2.05, 4.69) is 25.8 Å². The fourth-order valence-electron chi connectivity index (χ4n) is 4.04. The summed E-state index contributed by atoms with van der Waals surface area (Å²) >= 11 is 0. The number of hydrogen-bond donors (Lipinski definition) is 2. The molecule has 4 heterocycles. The first-order valence-corrected chi connectivity index (χ1v) is 10.4. The summed E-state index contributed by atoms with van der Waals surface area (Å²) in [7, 11) is 1.58. The van der Waals surface area contributed by atoms with Crippen LogP contribution in [-0.2, 0) is 24.2 Å². The van der Waals surface area contributed by atoms with E-state index in [0.29, 0.717) is 49.8 Å². The molecule has 2 aromatic rings. The Morgan fingerprint density at radius 2 is 2.10 bits per heavy atom. The highest BCUT2D eigenvalue weighted by atomic mass is 16.5. The zero-order valence-corrected chi connectivity index (χ0v) is 17.4. The molecule has 0 bridgehead atoms. The van der Waals surface area contributed by atoms with Gasteiger partial charge in [-0.2, -0.15) is 5.10 Å². The number of likely N-dealkylation sites (tertiary alicyclic amines) is 1. The Morgan fingerprint density at radius 1 is 1.30 bits per heavy atom. The minimum atomic E-state index is -0.227. The molecule has 2 aliphatic rings. The molecule has 1 atom stereocenters. The van der Waals surface area contributed by atoms with E-state index >= 15 is 0 Å². The van der Waals surface area contributed by atoms with Gasteiger partial charge < -0.3 is 19.9 Å². The average molecular weight is 416 g/mol. The van der Waals surface area contributed by atoms with Crippen molar-refractivity contribution in [1.29, 1.82) is 0 Å². The highest BCUT2D eigenvalue weighted by Crippen LogP contribution is 2.21. The van der Waals surface area contributed by atoms with E-state index in [9.17, 15) is 9.59 Å². The molecular formula is C20H28N6O4. The molecule has 0 aliphatic carbocycles. The van der Waals surface area contributed by atoms with Crippen molar-refractivity contribution < 1.29 is 18.8 Å². The molecule has 1 saturated heterocycles. The molecule has 10 nitrogen and oxygen atoms in total. The summed E-state index contributed by atoms with van der Waals surface area (Å²) in [5.41, 5.74) is 2.53. The summed E-state index contributed by atoms with van der Waals surface area (Å²) in [6.07, 6.45) is 2.99. The van der Waals surface area contributed by atoms with E-state index in [4.69, 9.17) is 9.26 Å². The van der Waals surface area contributed by atoms with Crippen molar-refractivity contribution >= 4 is 11.8 Å². The maximum Gasteiger partial charge on any atom is 0.274 e. The molecule has 10 heteroatoms. The average Bonchev–Trinajstić information content (AvgIpc) is 3.48. The summed E-state index contributed by atoms with van der Waals surface area (Å²) in [6, 6.07) is 1.68. The predicted molar refractivity (Wildman–Crippen MR) is 107 cm³/mol. The summed E-state index contributed by atoms with van der Waals surface area (Å²) in [4.78, 5) is 27.3. The van der Waals surface area contributed by atoms with Gasteiger partial charge in [0.1, 0.15) is 11.5 Å². The summed E-state index contributed by atoms with van der Waals surface area (Å²) in [5.74, 6) is 0.240. The highest BCUT2D eigenvalue weighted by Gasteiger charge is 2.29. The fourth-order valence-corrected chi connectivity index (χ4v) is 4.04. The third kappa shape index (κ3) is 4.39. The minimum Gasteiger partial charge on any atom is -0.383 e. The van der Waals surface area contributed by atoms with Gasteiger partial charge in [0.2, 0.25) is 0 Å². The quantitative estimate of drug-likeness (QED) is 0.603. The van der Waals surface area contributed by atoms with Crippen molar-refractivity contribution in [2.45, 2.75) is 45.3 Å². The summed E-state index contributed by atoms with van der Waals surface area (Å²) in [5, 5.41) is 14.2. The van der Waals surface area contributed by atoms with Gasteiger partial charge in [0, 0.05) is 37.9 Å². The monoisotopic (exact) mass is 416 g/mol. The van der Waals surface area contributed by atoms with Gasteiger partial charge in [-0.25, -0.2) is 0 Å². The molecule has 2 amide bonds. The van der Waals surface area contributed by atoms with E-state index < -0.39 is 0 Å². The molecule has 4 rings (SSSR count). The molecule has 2 N–H and O–H groups in total. The zero-order valence-electron chi connectivity index (χ0n) is 17.4. The molecule has 0 unspecified atom stereocenters. The van der Waals surface area contributed by atoms with Crippen molar-refractivity contribution in [3.8, 4) is 0 Å². The highest BCUT2D eigenvalue weighted by molar-refractivity contribution is 5.94. The van der Waals surface area contributed by atoms with Crippen LogP contribution in [0.3, 0.4) is 0 Å². The number of rotatable bonds is 8. The van der Waals surface area contributed by atoms with Crippen LogP contribution in [0.25, 0.3) is 0 Å². The Hall–Kier alpha value is -2.72. The van der Waals surface area contributed by atoms with E-state index in [1.807, 2.05) is 6.92 Å². The van der Waals surface area contributed by atoms with Crippen LogP contribution in [0.2, 0.25) is 0 Å². The predicted octanol–water partition coefficient (Wildman–Crippen LogP) is 0.506. The van der Waals surface area contributed by atoms with Crippen LogP contribution < -0.4 is 10.6 Å². The lowest BCUT2D eigenvalue weighted by Gasteiger charge is -2.15. The molecule has 1 fully saturated rings. The maximum absolute atomic E-state index is 12.8. The fraction of sp³-hybridized carbons (Fsp3) is 0.600. The maximum atomic E-state index is 12.8. The van der Waals surface area contributed by atoms with Crippen LogP contribution in [0.4, 0.5) is 0 Å². The number of carbonyl (C=O) groups is 2. The molecule has 2 aliphatic heterocycles. The van der Waals surface area contributed by atoms with Crippen LogP contribution >= 0.6 is 0 Å². The Labute approximate surface area is 174 Å². The van der Waals surface area contributed by atoms with Gasteiger partial charge in [-0.05, 0) is 38.9 Å². The largest absolute Gasteiger partial charge is 0.383 e. The summed E-state index contributed by atoms with van der Waals surface area (Å²) in [6.45, 7) is 6.02. The first kappa shape index (κ1) is 20.5. The number of aryl methyl sites for hydroxylation is 1. The Bertz CT molecular complexity index is 891. The van der Waals surface area contributed by atoms with Gasteiger partial charge in [0.05, 0.1) is 19.2 Å². The Morgan fingerprint density at radius 3 is 2.83 bits per heavy atom. The lowest BCUT2D eigenvalue weighted by atomic mass is 10.1. The van der Waals surface area contributed by atoms with Crippen molar-refractivity contribution in [3.63, 3.8) is 0 Å². The topological polar surface area (TPSA) is 115 Å². The van der Waals surface area contributed by atoms with Crippen LogP contribution in [0.15, 0.2) is 10.6 Å². The van der Waals surface area contributed by atoms with Gasteiger partial charge in [-0.15, -0.1) is 0 Å². The zero-order chi connectivity index (χ0) is 21.1. The van der Waals surface area contributed by atoms with Crippen LogP contribution in [-0.4, -0.2) is 71.0 Å². The molecule has 2 aromatic heterocycles. The van der Waals surface area contributed by atoms with Crippen LogP contribution in [0, 0.1) is 6.92 Å². The van der Waals surface area contributed by atoms with Crippen LogP contribution in [0.1, 0.15) is 50.8 Å². The third-order valence-corrected chi connectivity index (χ3v) is 5.65. The second kappa shape index (κ2) is 8.97. The van der Waals surface area contributed by atoms with Gasteiger partial charge in [0.25, 0.3) is 11.8 Å². The summed E-state index contributed by atoms with van der Waals surface area (Å²) < 4.78 is 12.0. The number of nitrogens with zero attached hydrogens (tertiary/aromatic N) is 4. The first-order valence-electron chi connectivity index (χ1n) is 10.4. The number of ether oxygens (including phenoxy) is 1. The van der Waals surface area contributed by atoms with Gasteiger partial charge >= 0.3 is 0 Å². The molecule has 30 heavy (non-hydrogen) atoms. The van der Waals surface area contributed by atoms with Crippen molar-refractivity contribution in [2.24, 2.45) is 0 Å². The minimum absolute atomic E-state index is 0.0951. The van der Waals surface area contributed by atoms with E-state index in [1.165, 1.54) is 12.8 Å². The number of methoxy groups -OCH3 is 1. The molecule has 0 aromatic carbocycles. The van der Waals surface area contributed by atoms with E-state index in [0.717, 1.165) is 24.3 Å². The smallest absolute Gasteiger partial charge is 0.274 e. The number of nitrogens with one attached hydrogen (secondary N) is 2.